The normalized spacial score (nSPS) is 12.5. The zero-order chi connectivity index (χ0) is 12.7. The molecule has 0 fully saturated rings. The first-order valence-electron chi connectivity index (χ1n) is 5.51. The predicted octanol–water partition coefficient (Wildman–Crippen LogP) is 1.33. The molecule has 3 N–H and O–H groups in total. The Hall–Kier alpha value is -0.780. The Kier molecular flexibility index (Phi) is 6.32. The summed E-state index contributed by atoms with van der Waals surface area (Å²) in [5, 5.41) is 8.89. The fourth-order valence-corrected chi connectivity index (χ4v) is 1.61. The summed E-state index contributed by atoms with van der Waals surface area (Å²) in [5.41, 5.74) is 7.11. The Balaban J connectivity index is 2.72. The third-order valence-corrected chi connectivity index (χ3v) is 2.66. The molecule has 1 unspecified atom stereocenters. The van der Waals surface area contributed by atoms with Crippen LogP contribution in [0.5, 0.6) is 5.75 Å². The maximum Gasteiger partial charge on any atom is 0.146 e. The van der Waals surface area contributed by atoms with Crippen LogP contribution in [0.15, 0.2) is 18.2 Å². The second-order valence-corrected chi connectivity index (χ2v) is 4.08. The minimum absolute atomic E-state index is 0.0459. The molecule has 0 aliphatic carbocycles. The van der Waals surface area contributed by atoms with Crippen LogP contribution in [0, 0.1) is 0 Å². The minimum Gasteiger partial charge on any atom is -0.490 e. The molecule has 17 heavy (non-hydrogen) atoms. The van der Waals surface area contributed by atoms with Crippen molar-refractivity contribution in [1.82, 2.24) is 0 Å². The first-order chi connectivity index (χ1) is 8.19. The lowest BCUT2D eigenvalue weighted by Crippen LogP contribution is -2.22. The van der Waals surface area contributed by atoms with E-state index in [2.05, 4.69) is 12.6 Å². The van der Waals surface area contributed by atoms with E-state index in [1.165, 1.54) is 0 Å². The maximum absolute atomic E-state index is 12.9. The molecule has 5 heteroatoms. The van der Waals surface area contributed by atoms with Gasteiger partial charge in [0.25, 0.3) is 0 Å². The van der Waals surface area contributed by atoms with E-state index in [4.69, 9.17) is 15.6 Å². The summed E-state index contributed by atoms with van der Waals surface area (Å²) in [7, 11) is 0. The highest BCUT2D eigenvalue weighted by Gasteiger charge is 2.06. The van der Waals surface area contributed by atoms with Crippen molar-refractivity contribution in [1.29, 1.82) is 0 Å². The standard InChI is InChI=1S/C12H18FNO2S/c13-11(6-14)7-16-12-4-9(1-2-15)3-10(5-12)8-17/h3-5,11,15,17H,1-2,6-8,14H2. The Morgan fingerprint density at radius 3 is 2.65 bits per heavy atom. The fraction of sp³-hybridized carbons (Fsp3) is 0.500. The van der Waals surface area contributed by atoms with Gasteiger partial charge in [0.05, 0.1) is 0 Å². The molecular weight excluding hydrogens is 241 g/mol. The highest BCUT2D eigenvalue weighted by atomic mass is 32.1. The molecule has 0 spiro atoms. The van der Waals surface area contributed by atoms with Gasteiger partial charge < -0.3 is 15.6 Å². The van der Waals surface area contributed by atoms with Crippen molar-refractivity contribution in [2.24, 2.45) is 5.73 Å². The quantitative estimate of drug-likeness (QED) is 0.647. The summed E-state index contributed by atoms with van der Waals surface area (Å²) in [6.07, 6.45) is -0.607. The van der Waals surface area contributed by atoms with Crippen LogP contribution in [0.1, 0.15) is 11.1 Å². The lowest BCUT2D eigenvalue weighted by atomic mass is 10.1. The summed E-state index contributed by atoms with van der Waals surface area (Å²) in [5.74, 6) is 1.17. The average Bonchev–Trinajstić information content (AvgIpc) is 2.36. The lowest BCUT2D eigenvalue weighted by molar-refractivity contribution is 0.201. The van der Waals surface area contributed by atoms with Crippen molar-refractivity contribution < 1.29 is 14.2 Å². The van der Waals surface area contributed by atoms with Crippen LogP contribution >= 0.6 is 12.6 Å². The number of benzene rings is 1. The van der Waals surface area contributed by atoms with Gasteiger partial charge in [0, 0.05) is 18.9 Å². The van der Waals surface area contributed by atoms with Crippen LogP contribution in [-0.4, -0.2) is 31.0 Å². The highest BCUT2D eigenvalue weighted by molar-refractivity contribution is 7.79. The molecule has 0 amide bonds. The number of nitrogens with two attached hydrogens (primary N) is 1. The summed E-state index contributed by atoms with van der Waals surface area (Å²) in [6.45, 7) is -0.0230. The number of ether oxygens (including phenoxy) is 1. The van der Waals surface area contributed by atoms with Gasteiger partial charge in [-0.05, 0) is 29.7 Å². The van der Waals surface area contributed by atoms with Crippen LogP contribution in [0.4, 0.5) is 4.39 Å². The maximum atomic E-state index is 12.9. The van der Waals surface area contributed by atoms with E-state index in [-0.39, 0.29) is 19.8 Å². The van der Waals surface area contributed by atoms with Crippen molar-refractivity contribution >= 4 is 12.6 Å². The van der Waals surface area contributed by atoms with Gasteiger partial charge in [0.1, 0.15) is 18.5 Å². The molecule has 0 aliphatic heterocycles. The number of hydrogen-bond donors (Lipinski definition) is 3. The van der Waals surface area contributed by atoms with Crippen LogP contribution in [0.25, 0.3) is 0 Å². The molecule has 1 atom stereocenters. The number of rotatable bonds is 7. The molecule has 1 rings (SSSR count). The molecule has 1 aromatic rings. The topological polar surface area (TPSA) is 55.5 Å². The Morgan fingerprint density at radius 1 is 1.35 bits per heavy atom. The number of thiol groups is 1. The highest BCUT2D eigenvalue weighted by Crippen LogP contribution is 2.19. The van der Waals surface area contributed by atoms with Crippen molar-refractivity contribution in [3.63, 3.8) is 0 Å². The molecule has 0 aromatic heterocycles. The Morgan fingerprint density at radius 2 is 2.06 bits per heavy atom. The van der Waals surface area contributed by atoms with Crippen LogP contribution in [0.3, 0.4) is 0 Å². The predicted molar refractivity (Wildman–Crippen MR) is 69.4 cm³/mol. The molecule has 0 saturated heterocycles. The molecule has 0 aliphatic rings. The van der Waals surface area contributed by atoms with Gasteiger partial charge in [-0.2, -0.15) is 12.6 Å². The first kappa shape index (κ1) is 14.3. The number of alkyl halides is 1. The van der Waals surface area contributed by atoms with E-state index >= 15 is 0 Å². The second kappa shape index (κ2) is 7.53. The average molecular weight is 259 g/mol. The molecular formula is C12H18FNO2S. The van der Waals surface area contributed by atoms with Gasteiger partial charge >= 0.3 is 0 Å². The van der Waals surface area contributed by atoms with Crippen molar-refractivity contribution in [2.45, 2.75) is 18.3 Å². The SMILES string of the molecule is NCC(F)COc1cc(CS)cc(CCO)c1. The summed E-state index contributed by atoms with van der Waals surface area (Å²) in [4.78, 5) is 0. The minimum atomic E-state index is -1.16. The molecule has 0 saturated carbocycles. The molecule has 3 nitrogen and oxygen atoms in total. The first-order valence-corrected chi connectivity index (χ1v) is 6.14. The van der Waals surface area contributed by atoms with Gasteiger partial charge in [-0.25, -0.2) is 4.39 Å². The van der Waals surface area contributed by atoms with E-state index in [1.807, 2.05) is 12.1 Å². The van der Waals surface area contributed by atoms with Gasteiger partial charge in [-0.15, -0.1) is 0 Å². The summed E-state index contributed by atoms with van der Waals surface area (Å²) in [6, 6.07) is 5.56. The van der Waals surface area contributed by atoms with Crippen molar-refractivity contribution in [3.05, 3.63) is 29.3 Å². The van der Waals surface area contributed by atoms with Gasteiger partial charge in [0.2, 0.25) is 0 Å². The van der Waals surface area contributed by atoms with E-state index in [1.54, 1.807) is 6.07 Å². The van der Waals surface area contributed by atoms with Crippen molar-refractivity contribution in [2.75, 3.05) is 19.8 Å². The van der Waals surface area contributed by atoms with Gasteiger partial charge in [-0.1, -0.05) is 6.07 Å². The second-order valence-electron chi connectivity index (χ2n) is 3.76. The zero-order valence-corrected chi connectivity index (χ0v) is 10.5. The van der Waals surface area contributed by atoms with E-state index in [9.17, 15) is 4.39 Å². The largest absolute Gasteiger partial charge is 0.490 e. The van der Waals surface area contributed by atoms with Crippen LogP contribution in [-0.2, 0) is 12.2 Å². The molecule has 1 aromatic carbocycles. The number of halogens is 1. The zero-order valence-electron chi connectivity index (χ0n) is 9.60. The fourth-order valence-electron chi connectivity index (χ4n) is 1.43. The summed E-state index contributed by atoms with van der Waals surface area (Å²) < 4.78 is 18.3. The Labute approximate surface area is 106 Å². The third kappa shape index (κ3) is 4.93. The molecule has 0 heterocycles. The lowest BCUT2D eigenvalue weighted by Gasteiger charge is -2.11. The van der Waals surface area contributed by atoms with E-state index in [0.717, 1.165) is 11.1 Å². The monoisotopic (exact) mass is 259 g/mol. The van der Waals surface area contributed by atoms with Gasteiger partial charge in [0.15, 0.2) is 0 Å². The number of hydrogen-bond acceptors (Lipinski definition) is 4. The molecule has 0 bridgehead atoms. The van der Waals surface area contributed by atoms with E-state index < -0.39 is 6.17 Å². The number of aliphatic hydroxyl groups excluding tert-OH is 1. The number of aliphatic hydroxyl groups is 1. The van der Waals surface area contributed by atoms with Crippen LogP contribution < -0.4 is 10.5 Å². The van der Waals surface area contributed by atoms with Crippen LogP contribution in [0.2, 0.25) is 0 Å². The molecule has 96 valence electrons. The van der Waals surface area contributed by atoms with Gasteiger partial charge in [-0.3, -0.25) is 0 Å². The smallest absolute Gasteiger partial charge is 0.146 e. The Bertz CT molecular complexity index is 349. The summed E-state index contributed by atoms with van der Waals surface area (Å²) >= 11 is 4.19. The third-order valence-electron chi connectivity index (χ3n) is 2.30. The van der Waals surface area contributed by atoms with Crippen molar-refractivity contribution in [3.8, 4) is 5.75 Å². The van der Waals surface area contributed by atoms with E-state index in [0.29, 0.717) is 17.9 Å². The molecule has 0 radical (unpaired) electrons.